The number of H-pyrrole nitrogens is 1. The molecule has 0 aliphatic carbocycles. The molecular formula is C19H21N3OS2. The van der Waals surface area contributed by atoms with Gasteiger partial charge in [0.15, 0.2) is 0 Å². The Balaban J connectivity index is 1.38. The molecule has 0 fully saturated rings. The predicted octanol–water partition coefficient (Wildman–Crippen LogP) is 4.27. The van der Waals surface area contributed by atoms with Crippen LogP contribution in [0.2, 0.25) is 0 Å². The lowest BCUT2D eigenvalue weighted by atomic mass is 10.3. The summed E-state index contributed by atoms with van der Waals surface area (Å²) in [5.41, 5.74) is 2.00. The number of carbonyl (C=O) groups excluding carboxylic acids is 1. The van der Waals surface area contributed by atoms with Crippen LogP contribution in [0, 0.1) is 0 Å². The molecule has 0 saturated heterocycles. The van der Waals surface area contributed by atoms with E-state index in [9.17, 15) is 4.79 Å². The zero-order chi connectivity index (χ0) is 17.5. The maximum Gasteiger partial charge on any atom is 0.230 e. The normalized spacial score (nSPS) is 12.2. The summed E-state index contributed by atoms with van der Waals surface area (Å²) in [6, 6.07) is 18.2. The molecule has 130 valence electrons. The van der Waals surface area contributed by atoms with Gasteiger partial charge < -0.3 is 10.3 Å². The number of amides is 1. The number of aromatic amines is 1. The summed E-state index contributed by atoms with van der Waals surface area (Å²) in [5, 5.41) is 3.12. The maximum atomic E-state index is 12.0. The molecule has 0 radical (unpaired) electrons. The van der Waals surface area contributed by atoms with Gasteiger partial charge in [0.1, 0.15) is 5.82 Å². The SMILES string of the molecule is CC(SCC(=O)NCCSc1ccccc1)c1nc2ccccc2[nH]1. The number of nitrogens with one attached hydrogen (secondary N) is 2. The zero-order valence-electron chi connectivity index (χ0n) is 14.1. The second-order valence-electron chi connectivity index (χ2n) is 5.60. The molecule has 2 aromatic carbocycles. The van der Waals surface area contributed by atoms with Crippen molar-refractivity contribution in [2.75, 3.05) is 18.1 Å². The first-order chi connectivity index (χ1) is 12.2. The third kappa shape index (κ3) is 5.28. The summed E-state index contributed by atoms with van der Waals surface area (Å²) in [5.74, 6) is 2.30. The summed E-state index contributed by atoms with van der Waals surface area (Å²) in [4.78, 5) is 21.1. The zero-order valence-corrected chi connectivity index (χ0v) is 15.7. The van der Waals surface area contributed by atoms with Crippen LogP contribution in [0.15, 0.2) is 59.5 Å². The van der Waals surface area contributed by atoms with Crippen molar-refractivity contribution in [1.29, 1.82) is 0 Å². The lowest BCUT2D eigenvalue weighted by Crippen LogP contribution is -2.27. The van der Waals surface area contributed by atoms with Crippen LogP contribution in [0.5, 0.6) is 0 Å². The van der Waals surface area contributed by atoms with Crippen molar-refractivity contribution in [2.24, 2.45) is 0 Å². The highest BCUT2D eigenvalue weighted by molar-refractivity contribution is 8.00. The van der Waals surface area contributed by atoms with Crippen molar-refractivity contribution in [2.45, 2.75) is 17.1 Å². The van der Waals surface area contributed by atoms with Crippen molar-refractivity contribution < 1.29 is 4.79 Å². The fourth-order valence-corrected chi connectivity index (χ4v) is 3.93. The molecule has 1 heterocycles. The van der Waals surface area contributed by atoms with Crippen LogP contribution in [-0.4, -0.2) is 33.9 Å². The number of fused-ring (bicyclic) bond motifs is 1. The van der Waals surface area contributed by atoms with E-state index in [0.717, 1.165) is 22.6 Å². The van der Waals surface area contributed by atoms with E-state index in [-0.39, 0.29) is 11.2 Å². The van der Waals surface area contributed by atoms with Crippen LogP contribution < -0.4 is 5.32 Å². The number of para-hydroxylation sites is 2. The summed E-state index contributed by atoms with van der Waals surface area (Å²) in [6.45, 7) is 2.75. The van der Waals surface area contributed by atoms with Crippen molar-refractivity contribution in [3.05, 3.63) is 60.4 Å². The van der Waals surface area contributed by atoms with E-state index in [4.69, 9.17) is 0 Å². The van der Waals surface area contributed by atoms with Gasteiger partial charge in [-0.2, -0.15) is 0 Å². The van der Waals surface area contributed by atoms with Crippen molar-refractivity contribution in [1.82, 2.24) is 15.3 Å². The smallest absolute Gasteiger partial charge is 0.230 e. The first-order valence-electron chi connectivity index (χ1n) is 8.23. The standard InChI is InChI=1S/C19H21N3OS2/c1-14(19-21-16-9-5-6-10-17(16)22-19)25-13-18(23)20-11-12-24-15-7-3-2-4-8-15/h2-10,14H,11-13H2,1H3,(H,20,23)(H,21,22). The van der Waals surface area contributed by atoms with Crippen molar-refractivity contribution in [3.8, 4) is 0 Å². The van der Waals surface area contributed by atoms with E-state index in [1.54, 1.807) is 23.5 Å². The lowest BCUT2D eigenvalue weighted by molar-refractivity contribution is -0.118. The Bertz CT molecular complexity index is 787. The molecule has 1 aromatic heterocycles. The fourth-order valence-electron chi connectivity index (χ4n) is 2.37. The van der Waals surface area contributed by atoms with E-state index in [2.05, 4.69) is 34.3 Å². The van der Waals surface area contributed by atoms with Gasteiger partial charge in [-0.25, -0.2) is 4.98 Å². The Morgan fingerprint density at radius 2 is 1.92 bits per heavy atom. The summed E-state index contributed by atoms with van der Waals surface area (Å²) in [6.07, 6.45) is 0. The molecular weight excluding hydrogens is 350 g/mol. The molecule has 0 spiro atoms. The Hall–Kier alpha value is -1.92. The summed E-state index contributed by atoms with van der Waals surface area (Å²) >= 11 is 3.34. The molecule has 0 bridgehead atoms. The minimum atomic E-state index is 0.0709. The molecule has 0 saturated carbocycles. The van der Waals surface area contributed by atoms with E-state index in [0.29, 0.717) is 12.3 Å². The number of nitrogens with zero attached hydrogens (tertiary/aromatic N) is 1. The highest BCUT2D eigenvalue weighted by Crippen LogP contribution is 2.27. The molecule has 1 unspecified atom stereocenters. The third-order valence-corrected chi connectivity index (χ3v) is 5.86. The number of thioether (sulfide) groups is 2. The number of carbonyl (C=O) groups is 1. The molecule has 6 heteroatoms. The highest BCUT2D eigenvalue weighted by atomic mass is 32.2. The topological polar surface area (TPSA) is 57.8 Å². The second kappa shape index (κ2) is 8.97. The van der Waals surface area contributed by atoms with Gasteiger partial charge in [0.25, 0.3) is 0 Å². The van der Waals surface area contributed by atoms with Crippen LogP contribution in [0.25, 0.3) is 11.0 Å². The fraction of sp³-hybridized carbons (Fsp3) is 0.263. The first-order valence-corrected chi connectivity index (χ1v) is 10.3. The van der Waals surface area contributed by atoms with Gasteiger partial charge in [-0.15, -0.1) is 23.5 Å². The van der Waals surface area contributed by atoms with Crippen LogP contribution in [0.3, 0.4) is 0 Å². The van der Waals surface area contributed by atoms with E-state index < -0.39 is 0 Å². The van der Waals surface area contributed by atoms with Gasteiger partial charge in [0.2, 0.25) is 5.91 Å². The lowest BCUT2D eigenvalue weighted by Gasteiger charge is -2.09. The average Bonchev–Trinajstić information content (AvgIpc) is 3.08. The van der Waals surface area contributed by atoms with Gasteiger partial charge in [-0.05, 0) is 31.2 Å². The number of hydrogen-bond acceptors (Lipinski definition) is 4. The Morgan fingerprint density at radius 1 is 1.16 bits per heavy atom. The van der Waals surface area contributed by atoms with Crippen molar-refractivity contribution >= 4 is 40.5 Å². The van der Waals surface area contributed by atoms with Gasteiger partial charge in [-0.3, -0.25) is 4.79 Å². The molecule has 25 heavy (non-hydrogen) atoms. The van der Waals surface area contributed by atoms with Gasteiger partial charge in [0.05, 0.1) is 22.0 Å². The molecule has 1 amide bonds. The number of hydrogen-bond donors (Lipinski definition) is 2. The largest absolute Gasteiger partial charge is 0.355 e. The van der Waals surface area contributed by atoms with E-state index >= 15 is 0 Å². The average molecular weight is 372 g/mol. The predicted molar refractivity (Wildman–Crippen MR) is 107 cm³/mol. The summed E-state index contributed by atoms with van der Waals surface area (Å²) < 4.78 is 0. The van der Waals surface area contributed by atoms with E-state index in [1.165, 1.54) is 4.90 Å². The minimum absolute atomic E-state index is 0.0709. The van der Waals surface area contributed by atoms with Crippen LogP contribution >= 0.6 is 23.5 Å². The Morgan fingerprint density at radius 3 is 2.72 bits per heavy atom. The van der Waals surface area contributed by atoms with Crippen LogP contribution in [-0.2, 0) is 4.79 Å². The van der Waals surface area contributed by atoms with Gasteiger partial charge in [-0.1, -0.05) is 30.3 Å². The molecule has 0 aliphatic rings. The molecule has 0 aliphatic heterocycles. The maximum absolute atomic E-state index is 12.0. The minimum Gasteiger partial charge on any atom is -0.355 e. The number of aromatic nitrogens is 2. The number of imidazole rings is 1. The quantitative estimate of drug-likeness (QED) is 0.459. The monoisotopic (exact) mass is 371 g/mol. The first kappa shape index (κ1) is 17.9. The van der Waals surface area contributed by atoms with Gasteiger partial charge in [0, 0.05) is 17.2 Å². The second-order valence-corrected chi connectivity index (χ2v) is 8.10. The molecule has 3 rings (SSSR count). The molecule has 1 atom stereocenters. The molecule has 4 nitrogen and oxygen atoms in total. The molecule has 2 N–H and O–H groups in total. The van der Waals surface area contributed by atoms with Crippen LogP contribution in [0.4, 0.5) is 0 Å². The Kier molecular flexibility index (Phi) is 6.42. The third-order valence-electron chi connectivity index (χ3n) is 3.69. The number of benzene rings is 2. The highest BCUT2D eigenvalue weighted by Gasteiger charge is 2.13. The van der Waals surface area contributed by atoms with Gasteiger partial charge >= 0.3 is 0 Å². The Labute approximate surface area is 156 Å². The van der Waals surface area contributed by atoms with E-state index in [1.807, 2.05) is 42.5 Å². The van der Waals surface area contributed by atoms with Crippen LogP contribution in [0.1, 0.15) is 18.0 Å². The number of rotatable bonds is 8. The summed E-state index contributed by atoms with van der Waals surface area (Å²) in [7, 11) is 0. The van der Waals surface area contributed by atoms with Crippen molar-refractivity contribution in [3.63, 3.8) is 0 Å². The molecule has 3 aromatic rings.